The van der Waals surface area contributed by atoms with Gasteiger partial charge in [0.25, 0.3) is 0 Å². The minimum Gasteiger partial charge on any atom is -0.497 e. The minimum absolute atomic E-state index is 0.0877. The van der Waals surface area contributed by atoms with Crippen LogP contribution in [0.5, 0.6) is 17.2 Å². The number of rotatable bonds is 8. The normalized spacial score (nSPS) is 10.6. The molecular formula is C24H27NO4. The zero-order chi connectivity index (χ0) is 20.8. The number of hydrogen-bond acceptors (Lipinski definition) is 4. The summed E-state index contributed by atoms with van der Waals surface area (Å²) < 4.78 is 16.1. The number of aryl methyl sites for hydroxylation is 1. The highest BCUT2D eigenvalue weighted by Gasteiger charge is 2.14. The lowest BCUT2D eigenvalue weighted by Crippen LogP contribution is -2.26. The molecule has 0 bridgehead atoms. The van der Waals surface area contributed by atoms with E-state index < -0.39 is 0 Å². The minimum atomic E-state index is 0.0877. The Kier molecular flexibility index (Phi) is 6.60. The molecule has 0 heterocycles. The summed E-state index contributed by atoms with van der Waals surface area (Å²) in [6.07, 6.45) is 1.01. The Balaban J connectivity index is 1.64. The van der Waals surface area contributed by atoms with Crippen LogP contribution in [0.4, 0.5) is 0 Å². The van der Waals surface area contributed by atoms with Crippen molar-refractivity contribution in [2.45, 2.75) is 19.4 Å². The van der Waals surface area contributed by atoms with Gasteiger partial charge in [0, 0.05) is 20.0 Å². The smallest absolute Gasteiger partial charge is 0.222 e. The molecule has 0 atom stereocenters. The van der Waals surface area contributed by atoms with Crippen LogP contribution in [-0.2, 0) is 17.8 Å². The predicted molar refractivity (Wildman–Crippen MR) is 115 cm³/mol. The van der Waals surface area contributed by atoms with E-state index >= 15 is 0 Å². The van der Waals surface area contributed by atoms with Gasteiger partial charge in [-0.1, -0.05) is 30.3 Å². The SMILES string of the molecule is COc1ccc2cc(CN(C)C(=O)CCc3cccc(OC)c3OC)ccc2c1. The molecular weight excluding hydrogens is 366 g/mol. The van der Waals surface area contributed by atoms with Crippen LogP contribution in [0, 0.1) is 0 Å². The van der Waals surface area contributed by atoms with Gasteiger partial charge in [-0.25, -0.2) is 0 Å². The van der Waals surface area contributed by atoms with E-state index in [0.29, 0.717) is 30.9 Å². The van der Waals surface area contributed by atoms with E-state index in [1.807, 2.05) is 43.4 Å². The van der Waals surface area contributed by atoms with E-state index in [4.69, 9.17) is 14.2 Å². The average Bonchev–Trinajstić information content (AvgIpc) is 2.76. The molecule has 0 saturated heterocycles. The zero-order valence-corrected chi connectivity index (χ0v) is 17.4. The van der Waals surface area contributed by atoms with Crippen molar-refractivity contribution in [1.82, 2.24) is 4.90 Å². The Hall–Kier alpha value is -3.21. The van der Waals surface area contributed by atoms with Crippen molar-refractivity contribution in [2.24, 2.45) is 0 Å². The maximum absolute atomic E-state index is 12.7. The van der Waals surface area contributed by atoms with E-state index in [1.165, 1.54) is 0 Å². The quantitative estimate of drug-likeness (QED) is 0.567. The molecule has 0 fully saturated rings. The second-order valence-electron chi connectivity index (χ2n) is 6.95. The number of fused-ring (bicyclic) bond motifs is 1. The summed E-state index contributed by atoms with van der Waals surface area (Å²) >= 11 is 0. The Labute approximate surface area is 171 Å². The van der Waals surface area contributed by atoms with Gasteiger partial charge in [-0.15, -0.1) is 0 Å². The third-order valence-corrected chi connectivity index (χ3v) is 5.05. The van der Waals surface area contributed by atoms with Crippen LogP contribution in [0.3, 0.4) is 0 Å². The molecule has 0 aliphatic carbocycles. The predicted octanol–water partition coefficient (Wildman–Crippen LogP) is 4.46. The maximum atomic E-state index is 12.7. The van der Waals surface area contributed by atoms with Crippen LogP contribution in [0.2, 0.25) is 0 Å². The molecule has 0 aliphatic heterocycles. The molecule has 0 unspecified atom stereocenters. The lowest BCUT2D eigenvalue weighted by molar-refractivity contribution is -0.130. The molecule has 3 rings (SSSR count). The highest BCUT2D eigenvalue weighted by Crippen LogP contribution is 2.31. The third-order valence-electron chi connectivity index (χ3n) is 5.05. The fourth-order valence-electron chi connectivity index (χ4n) is 3.44. The number of carbonyl (C=O) groups excluding carboxylic acids is 1. The summed E-state index contributed by atoms with van der Waals surface area (Å²) in [6, 6.07) is 18.0. The number of nitrogens with zero attached hydrogens (tertiary/aromatic N) is 1. The Bertz CT molecular complexity index is 999. The first-order valence-electron chi connectivity index (χ1n) is 9.56. The van der Waals surface area contributed by atoms with Gasteiger partial charge in [-0.3, -0.25) is 4.79 Å². The van der Waals surface area contributed by atoms with Gasteiger partial charge in [-0.05, 0) is 52.6 Å². The number of para-hydroxylation sites is 1. The maximum Gasteiger partial charge on any atom is 0.222 e. The summed E-state index contributed by atoms with van der Waals surface area (Å²) in [5.41, 5.74) is 2.06. The monoisotopic (exact) mass is 393 g/mol. The molecule has 0 radical (unpaired) electrons. The van der Waals surface area contributed by atoms with Gasteiger partial charge in [0.05, 0.1) is 21.3 Å². The molecule has 0 aromatic heterocycles. The van der Waals surface area contributed by atoms with Crippen LogP contribution < -0.4 is 14.2 Å². The molecule has 0 aliphatic rings. The summed E-state index contributed by atoms with van der Waals surface area (Å²) in [4.78, 5) is 14.4. The van der Waals surface area contributed by atoms with Gasteiger partial charge in [0.1, 0.15) is 5.75 Å². The van der Waals surface area contributed by atoms with Gasteiger partial charge >= 0.3 is 0 Å². The molecule has 0 saturated carbocycles. The number of benzene rings is 3. The number of amides is 1. The Morgan fingerprint density at radius 3 is 2.38 bits per heavy atom. The Morgan fingerprint density at radius 1 is 0.897 bits per heavy atom. The van der Waals surface area contributed by atoms with Crippen molar-refractivity contribution in [3.63, 3.8) is 0 Å². The molecule has 3 aromatic rings. The molecule has 0 N–H and O–H groups in total. The first-order valence-corrected chi connectivity index (χ1v) is 9.56. The summed E-state index contributed by atoms with van der Waals surface area (Å²) in [5, 5.41) is 2.25. The van der Waals surface area contributed by atoms with E-state index in [-0.39, 0.29) is 5.91 Å². The van der Waals surface area contributed by atoms with Crippen molar-refractivity contribution in [2.75, 3.05) is 28.4 Å². The fraction of sp³-hybridized carbons (Fsp3) is 0.292. The number of ether oxygens (including phenoxy) is 3. The van der Waals surface area contributed by atoms with E-state index in [1.54, 1.807) is 26.2 Å². The van der Waals surface area contributed by atoms with Crippen molar-refractivity contribution in [3.8, 4) is 17.2 Å². The largest absolute Gasteiger partial charge is 0.497 e. The number of hydrogen-bond donors (Lipinski definition) is 0. The van der Waals surface area contributed by atoms with Crippen LogP contribution in [0.1, 0.15) is 17.5 Å². The van der Waals surface area contributed by atoms with Crippen LogP contribution >= 0.6 is 0 Å². The van der Waals surface area contributed by atoms with Gasteiger partial charge in [0.15, 0.2) is 11.5 Å². The van der Waals surface area contributed by atoms with E-state index in [0.717, 1.165) is 27.6 Å². The number of carbonyl (C=O) groups is 1. The highest BCUT2D eigenvalue weighted by atomic mass is 16.5. The third kappa shape index (κ3) is 4.80. The lowest BCUT2D eigenvalue weighted by atomic mass is 10.1. The summed E-state index contributed by atoms with van der Waals surface area (Å²) in [7, 11) is 6.73. The second kappa shape index (κ2) is 9.32. The molecule has 152 valence electrons. The molecule has 29 heavy (non-hydrogen) atoms. The fourth-order valence-corrected chi connectivity index (χ4v) is 3.44. The molecule has 5 heteroatoms. The van der Waals surface area contributed by atoms with Gasteiger partial charge in [0.2, 0.25) is 5.91 Å². The average molecular weight is 393 g/mol. The van der Waals surface area contributed by atoms with Crippen LogP contribution in [-0.4, -0.2) is 39.2 Å². The first-order chi connectivity index (χ1) is 14.0. The van der Waals surface area contributed by atoms with Crippen molar-refractivity contribution < 1.29 is 19.0 Å². The topological polar surface area (TPSA) is 48.0 Å². The first kappa shape index (κ1) is 20.5. The van der Waals surface area contributed by atoms with Gasteiger partial charge < -0.3 is 19.1 Å². The van der Waals surface area contributed by atoms with Crippen LogP contribution in [0.15, 0.2) is 54.6 Å². The van der Waals surface area contributed by atoms with Crippen molar-refractivity contribution in [3.05, 3.63) is 65.7 Å². The lowest BCUT2D eigenvalue weighted by Gasteiger charge is -2.18. The number of methoxy groups -OCH3 is 3. The Morgan fingerprint density at radius 2 is 1.66 bits per heavy atom. The summed E-state index contributed by atoms with van der Waals surface area (Å²) in [6.45, 7) is 0.566. The zero-order valence-electron chi connectivity index (χ0n) is 17.4. The second-order valence-corrected chi connectivity index (χ2v) is 6.95. The van der Waals surface area contributed by atoms with Crippen molar-refractivity contribution in [1.29, 1.82) is 0 Å². The molecule has 1 amide bonds. The standard InChI is InChI=1S/C24H27NO4/c1-25(16-17-8-9-20-15-21(27-2)12-10-19(20)14-17)23(26)13-11-18-6-5-7-22(28-3)24(18)29-4/h5-10,12,14-15H,11,13,16H2,1-4H3. The molecule has 5 nitrogen and oxygen atoms in total. The molecule has 0 spiro atoms. The van der Waals surface area contributed by atoms with Gasteiger partial charge in [-0.2, -0.15) is 0 Å². The molecule has 3 aromatic carbocycles. The van der Waals surface area contributed by atoms with Crippen molar-refractivity contribution >= 4 is 16.7 Å². The highest BCUT2D eigenvalue weighted by molar-refractivity contribution is 5.84. The van der Waals surface area contributed by atoms with Crippen LogP contribution in [0.25, 0.3) is 10.8 Å². The van der Waals surface area contributed by atoms with E-state index in [9.17, 15) is 4.79 Å². The van der Waals surface area contributed by atoms with E-state index in [2.05, 4.69) is 18.2 Å². The summed E-state index contributed by atoms with van der Waals surface area (Å²) in [5.74, 6) is 2.30.